The number of nitrogens with one attached hydrogen (secondary N) is 2. The Morgan fingerprint density at radius 2 is 1.74 bits per heavy atom. The minimum atomic E-state index is -0.376. The first kappa shape index (κ1) is 15.3. The van der Waals surface area contributed by atoms with Crippen molar-refractivity contribution in [3.8, 4) is 5.82 Å². The number of carbonyl (C=O) groups excluding carboxylic acids is 1. The number of rotatable bonds is 4. The lowest BCUT2D eigenvalue weighted by molar-refractivity contribution is 0.0955. The maximum absolute atomic E-state index is 12.4. The summed E-state index contributed by atoms with van der Waals surface area (Å²) in [5.74, 6) is 0.454. The first-order valence-electron chi connectivity index (χ1n) is 6.62. The van der Waals surface area contributed by atoms with E-state index < -0.39 is 0 Å². The summed E-state index contributed by atoms with van der Waals surface area (Å²) in [6, 6.07) is 10.2. The Bertz CT molecular complexity index is 849. The van der Waals surface area contributed by atoms with E-state index in [-0.39, 0.29) is 5.91 Å². The van der Waals surface area contributed by atoms with Crippen LogP contribution in [0.1, 0.15) is 10.5 Å². The molecule has 3 aromatic rings. The highest BCUT2D eigenvalue weighted by Crippen LogP contribution is 2.20. The third-order valence-corrected chi connectivity index (χ3v) is 3.60. The Balaban J connectivity index is 1.81. The van der Waals surface area contributed by atoms with Crippen molar-refractivity contribution in [1.29, 1.82) is 0 Å². The molecule has 0 aliphatic rings. The lowest BCUT2D eigenvalue weighted by Gasteiger charge is -2.11. The summed E-state index contributed by atoms with van der Waals surface area (Å²) in [4.78, 5) is 20.6. The van der Waals surface area contributed by atoms with E-state index >= 15 is 0 Å². The molecular weight excluding hydrogens is 337 g/mol. The van der Waals surface area contributed by atoms with Gasteiger partial charge in [0, 0.05) is 18.6 Å². The van der Waals surface area contributed by atoms with E-state index in [4.69, 9.17) is 23.2 Å². The summed E-state index contributed by atoms with van der Waals surface area (Å²) < 4.78 is 1.60. The second kappa shape index (κ2) is 6.68. The summed E-state index contributed by atoms with van der Waals surface area (Å²) in [6.45, 7) is 0. The van der Waals surface area contributed by atoms with Crippen LogP contribution >= 0.6 is 23.2 Å². The molecule has 3 rings (SSSR count). The fourth-order valence-electron chi connectivity index (χ4n) is 1.96. The second-order valence-electron chi connectivity index (χ2n) is 4.49. The van der Waals surface area contributed by atoms with Crippen LogP contribution < -0.4 is 10.9 Å². The van der Waals surface area contributed by atoms with Crippen molar-refractivity contribution in [3.63, 3.8) is 0 Å². The van der Waals surface area contributed by atoms with Gasteiger partial charge in [0.25, 0.3) is 5.91 Å². The topological polar surface area (TPSA) is 71.8 Å². The van der Waals surface area contributed by atoms with E-state index in [2.05, 4.69) is 20.8 Å². The molecule has 0 saturated carbocycles. The van der Waals surface area contributed by atoms with Crippen molar-refractivity contribution in [2.45, 2.75) is 0 Å². The first-order chi connectivity index (χ1) is 11.2. The van der Waals surface area contributed by atoms with Crippen molar-refractivity contribution in [2.24, 2.45) is 0 Å². The van der Waals surface area contributed by atoms with Gasteiger partial charge in [-0.1, -0.05) is 23.2 Å². The summed E-state index contributed by atoms with van der Waals surface area (Å²) in [5, 5.41) is 0.842. The second-order valence-corrected chi connectivity index (χ2v) is 5.30. The number of halogens is 2. The highest BCUT2D eigenvalue weighted by Gasteiger charge is 2.14. The van der Waals surface area contributed by atoms with E-state index in [1.807, 2.05) is 0 Å². The zero-order chi connectivity index (χ0) is 16.2. The SMILES string of the molecule is O=C(NNc1ncccc1Cl)c1cccn1-c1ncccc1Cl. The van der Waals surface area contributed by atoms with Crippen LogP contribution in [0.4, 0.5) is 5.82 Å². The number of anilines is 1. The highest BCUT2D eigenvalue weighted by atomic mass is 35.5. The van der Waals surface area contributed by atoms with Crippen LogP contribution in [0.2, 0.25) is 10.0 Å². The maximum Gasteiger partial charge on any atom is 0.286 e. The third kappa shape index (κ3) is 3.28. The van der Waals surface area contributed by atoms with Gasteiger partial charge in [-0.05, 0) is 36.4 Å². The zero-order valence-corrected chi connectivity index (χ0v) is 13.2. The number of amides is 1. The van der Waals surface area contributed by atoms with Crippen LogP contribution in [0, 0.1) is 0 Å². The molecule has 0 bridgehead atoms. The van der Waals surface area contributed by atoms with Gasteiger partial charge in [0.15, 0.2) is 11.6 Å². The number of hydrogen-bond acceptors (Lipinski definition) is 4. The molecule has 3 aromatic heterocycles. The molecule has 8 heteroatoms. The molecule has 0 atom stereocenters. The van der Waals surface area contributed by atoms with Crippen molar-refractivity contribution in [1.82, 2.24) is 20.0 Å². The molecule has 2 N–H and O–H groups in total. The van der Waals surface area contributed by atoms with Crippen molar-refractivity contribution in [2.75, 3.05) is 5.43 Å². The fraction of sp³-hybridized carbons (Fsp3) is 0. The Labute approximate surface area is 142 Å². The maximum atomic E-state index is 12.4. The molecule has 0 radical (unpaired) electrons. The summed E-state index contributed by atoms with van der Waals surface area (Å²) in [6.07, 6.45) is 4.88. The van der Waals surface area contributed by atoms with Crippen LogP contribution in [-0.4, -0.2) is 20.4 Å². The molecule has 116 valence electrons. The molecule has 0 aromatic carbocycles. The van der Waals surface area contributed by atoms with Crippen molar-refractivity contribution in [3.05, 3.63) is 70.7 Å². The number of hydrazine groups is 1. The van der Waals surface area contributed by atoms with Crippen molar-refractivity contribution >= 4 is 34.9 Å². The lowest BCUT2D eigenvalue weighted by atomic mass is 10.4. The smallest absolute Gasteiger partial charge is 0.286 e. The molecular formula is C15H11Cl2N5O. The van der Waals surface area contributed by atoms with Crippen LogP contribution in [-0.2, 0) is 0 Å². The molecule has 0 spiro atoms. The molecule has 23 heavy (non-hydrogen) atoms. The van der Waals surface area contributed by atoms with Gasteiger partial charge < -0.3 is 0 Å². The minimum Gasteiger partial charge on any atom is -0.295 e. The first-order valence-corrected chi connectivity index (χ1v) is 7.37. The van der Waals surface area contributed by atoms with Crippen LogP contribution in [0.5, 0.6) is 0 Å². The standard InChI is InChI=1S/C15H11Cl2N5O/c16-10-4-1-7-18-13(10)20-21-15(23)12-6-3-9-22(12)14-11(17)5-2-8-19-14/h1-9H,(H,18,20)(H,21,23). The Morgan fingerprint density at radius 1 is 1.00 bits per heavy atom. The Morgan fingerprint density at radius 3 is 2.48 bits per heavy atom. The number of pyridine rings is 2. The number of nitrogens with zero attached hydrogens (tertiary/aromatic N) is 3. The molecule has 0 unspecified atom stereocenters. The predicted molar refractivity (Wildman–Crippen MR) is 88.9 cm³/mol. The molecule has 0 aliphatic heterocycles. The summed E-state index contributed by atoms with van der Waals surface area (Å²) >= 11 is 12.1. The third-order valence-electron chi connectivity index (χ3n) is 3.00. The average molecular weight is 348 g/mol. The average Bonchev–Trinajstić information content (AvgIpc) is 3.04. The molecule has 6 nitrogen and oxygen atoms in total. The Hall–Kier alpha value is -2.57. The van der Waals surface area contributed by atoms with Gasteiger partial charge in [-0.25, -0.2) is 9.97 Å². The summed E-state index contributed by atoms with van der Waals surface area (Å²) in [7, 11) is 0. The van der Waals surface area contributed by atoms with E-state index in [0.717, 1.165) is 0 Å². The van der Waals surface area contributed by atoms with Gasteiger partial charge in [-0.3, -0.25) is 20.2 Å². The predicted octanol–water partition coefficient (Wildman–Crippen LogP) is 3.33. The monoisotopic (exact) mass is 347 g/mol. The largest absolute Gasteiger partial charge is 0.295 e. The molecule has 0 aliphatic carbocycles. The van der Waals surface area contributed by atoms with Gasteiger partial charge in [0.2, 0.25) is 0 Å². The quantitative estimate of drug-likeness (QED) is 0.710. The van der Waals surface area contributed by atoms with Gasteiger partial charge in [0.05, 0.1) is 10.0 Å². The van der Waals surface area contributed by atoms with Gasteiger partial charge in [-0.15, -0.1) is 0 Å². The number of aromatic nitrogens is 3. The van der Waals surface area contributed by atoms with E-state index in [9.17, 15) is 4.79 Å². The van der Waals surface area contributed by atoms with E-state index in [1.165, 1.54) is 0 Å². The molecule has 1 amide bonds. The van der Waals surface area contributed by atoms with Crippen LogP contribution in [0.3, 0.4) is 0 Å². The Kier molecular flexibility index (Phi) is 4.45. The van der Waals surface area contributed by atoms with E-state index in [0.29, 0.717) is 27.4 Å². The molecule has 0 fully saturated rings. The molecule has 3 heterocycles. The summed E-state index contributed by atoms with van der Waals surface area (Å²) in [5.41, 5.74) is 5.60. The lowest BCUT2D eigenvalue weighted by Crippen LogP contribution is -2.31. The van der Waals surface area contributed by atoms with Crippen LogP contribution in [0.25, 0.3) is 5.82 Å². The van der Waals surface area contributed by atoms with Crippen molar-refractivity contribution < 1.29 is 4.79 Å². The van der Waals surface area contributed by atoms with Gasteiger partial charge >= 0.3 is 0 Å². The van der Waals surface area contributed by atoms with E-state index in [1.54, 1.807) is 59.6 Å². The number of carbonyl (C=O) groups is 1. The normalized spacial score (nSPS) is 10.3. The molecule has 0 saturated heterocycles. The number of hydrogen-bond donors (Lipinski definition) is 2. The fourth-order valence-corrected chi connectivity index (χ4v) is 2.34. The zero-order valence-electron chi connectivity index (χ0n) is 11.7. The highest BCUT2D eigenvalue weighted by molar-refractivity contribution is 6.33. The van der Waals surface area contributed by atoms with Gasteiger partial charge in [-0.2, -0.15) is 0 Å². The van der Waals surface area contributed by atoms with Crippen LogP contribution in [0.15, 0.2) is 55.0 Å². The van der Waals surface area contributed by atoms with Gasteiger partial charge in [0.1, 0.15) is 5.69 Å². The minimum absolute atomic E-state index is 0.358.